The Hall–Kier alpha value is -0.570. The highest BCUT2D eigenvalue weighted by Crippen LogP contribution is 2.22. The third kappa shape index (κ3) is 2.98. The van der Waals surface area contributed by atoms with Crippen LogP contribution in [0.2, 0.25) is 0 Å². The number of hydrogen-bond donors (Lipinski definition) is 2. The number of nitrogens with two attached hydrogens (primary N) is 1. The standard InChI is InChI=1S/C11H17NO.ClH/c1-8(2)11(12)10-6-4-3-5-9(10)7-13;/h3-6,8,11,13H,7,12H2,1-2H3;1H. The molecule has 1 aromatic rings. The summed E-state index contributed by atoms with van der Waals surface area (Å²) in [4.78, 5) is 0. The lowest BCUT2D eigenvalue weighted by Crippen LogP contribution is -2.18. The van der Waals surface area contributed by atoms with Crippen molar-refractivity contribution >= 4 is 12.4 Å². The maximum Gasteiger partial charge on any atom is 0.0685 e. The summed E-state index contributed by atoms with van der Waals surface area (Å²) in [5.74, 6) is 0.396. The second-order valence-corrected chi connectivity index (χ2v) is 3.63. The summed E-state index contributed by atoms with van der Waals surface area (Å²) in [6.45, 7) is 4.23. The fourth-order valence-electron chi connectivity index (χ4n) is 1.36. The summed E-state index contributed by atoms with van der Waals surface area (Å²) < 4.78 is 0. The Morgan fingerprint density at radius 3 is 2.36 bits per heavy atom. The van der Waals surface area contributed by atoms with Crippen LogP contribution in [0.3, 0.4) is 0 Å². The van der Waals surface area contributed by atoms with Gasteiger partial charge in [0.25, 0.3) is 0 Å². The van der Waals surface area contributed by atoms with Crippen LogP contribution in [0.15, 0.2) is 24.3 Å². The zero-order valence-electron chi connectivity index (χ0n) is 8.60. The first kappa shape index (κ1) is 13.4. The highest BCUT2D eigenvalue weighted by molar-refractivity contribution is 5.85. The zero-order valence-corrected chi connectivity index (χ0v) is 9.42. The Morgan fingerprint density at radius 2 is 1.86 bits per heavy atom. The molecule has 0 radical (unpaired) electrons. The molecule has 1 aromatic carbocycles. The van der Waals surface area contributed by atoms with E-state index in [-0.39, 0.29) is 25.1 Å². The Morgan fingerprint density at radius 1 is 1.29 bits per heavy atom. The first-order valence-corrected chi connectivity index (χ1v) is 4.61. The molecule has 0 aliphatic carbocycles. The van der Waals surface area contributed by atoms with E-state index in [0.717, 1.165) is 11.1 Å². The third-order valence-electron chi connectivity index (χ3n) is 2.30. The van der Waals surface area contributed by atoms with Crippen LogP contribution in [0, 0.1) is 5.92 Å². The van der Waals surface area contributed by atoms with Crippen LogP contribution in [-0.4, -0.2) is 5.11 Å². The predicted molar refractivity (Wildman–Crippen MR) is 61.4 cm³/mol. The van der Waals surface area contributed by atoms with E-state index in [1.54, 1.807) is 0 Å². The predicted octanol–water partition coefficient (Wildman–Crippen LogP) is 2.26. The Labute approximate surface area is 91.5 Å². The molecule has 3 heteroatoms. The van der Waals surface area contributed by atoms with Gasteiger partial charge < -0.3 is 10.8 Å². The fraction of sp³-hybridized carbons (Fsp3) is 0.455. The number of halogens is 1. The second kappa shape index (κ2) is 6.02. The summed E-state index contributed by atoms with van der Waals surface area (Å²) in [6, 6.07) is 7.79. The molecule has 0 spiro atoms. The number of hydrogen-bond acceptors (Lipinski definition) is 2. The normalized spacial score (nSPS) is 12.4. The van der Waals surface area contributed by atoms with Gasteiger partial charge in [-0.25, -0.2) is 0 Å². The van der Waals surface area contributed by atoms with Crippen molar-refractivity contribution in [2.24, 2.45) is 11.7 Å². The highest BCUT2D eigenvalue weighted by atomic mass is 35.5. The summed E-state index contributed by atoms with van der Waals surface area (Å²) in [5.41, 5.74) is 7.99. The number of aliphatic hydroxyl groups excluding tert-OH is 1. The smallest absolute Gasteiger partial charge is 0.0685 e. The average molecular weight is 216 g/mol. The molecule has 2 nitrogen and oxygen atoms in total. The van der Waals surface area contributed by atoms with Crippen LogP contribution in [0.25, 0.3) is 0 Å². The van der Waals surface area contributed by atoms with Crippen molar-refractivity contribution in [1.82, 2.24) is 0 Å². The Bertz CT molecular complexity index is 276. The molecule has 0 amide bonds. The van der Waals surface area contributed by atoms with Crippen LogP contribution < -0.4 is 5.73 Å². The summed E-state index contributed by atoms with van der Waals surface area (Å²) >= 11 is 0. The molecule has 1 atom stereocenters. The van der Waals surface area contributed by atoms with Gasteiger partial charge in [-0.1, -0.05) is 38.1 Å². The minimum absolute atomic E-state index is 0. The largest absolute Gasteiger partial charge is 0.392 e. The first-order chi connectivity index (χ1) is 6.16. The molecule has 0 aromatic heterocycles. The van der Waals surface area contributed by atoms with Gasteiger partial charge >= 0.3 is 0 Å². The summed E-state index contributed by atoms with van der Waals surface area (Å²) in [5, 5.41) is 9.09. The van der Waals surface area contributed by atoms with Gasteiger partial charge in [0.15, 0.2) is 0 Å². The highest BCUT2D eigenvalue weighted by Gasteiger charge is 2.12. The Kier molecular flexibility index (Phi) is 5.77. The quantitative estimate of drug-likeness (QED) is 0.813. The van der Waals surface area contributed by atoms with E-state index in [0.29, 0.717) is 5.92 Å². The van der Waals surface area contributed by atoms with E-state index < -0.39 is 0 Å². The van der Waals surface area contributed by atoms with Crippen molar-refractivity contribution in [1.29, 1.82) is 0 Å². The monoisotopic (exact) mass is 215 g/mol. The molecule has 1 unspecified atom stereocenters. The van der Waals surface area contributed by atoms with Crippen molar-refractivity contribution in [3.8, 4) is 0 Å². The number of rotatable bonds is 3. The minimum Gasteiger partial charge on any atom is -0.392 e. The van der Waals surface area contributed by atoms with Crippen molar-refractivity contribution in [3.05, 3.63) is 35.4 Å². The molecule has 0 aliphatic rings. The molecular formula is C11H18ClNO. The molecular weight excluding hydrogens is 198 g/mol. The molecule has 14 heavy (non-hydrogen) atoms. The molecule has 0 bridgehead atoms. The number of aliphatic hydroxyl groups is 1. The SMILES string of the molecule is CC(C)C(N)c1ccccc1CO.Cl. The average Bonchev–Trinajstić information content (AvgIpc) is 2.16. The van der Waals surface area contributed by atoms with Crippen molar-refractivity contribution in [2.45, 2.75) is 26.5 Å². The molecule has 0 saturated carbocycles. The Balaban J connectivity index is 0.00000169. The lowest BCUT2D eigenvalue weighted by atomic mass is 9.93. The molecule has 80 valence electrons. The molecule has 0 fully saturated rings. The van der Waals surface area contributed by atoms with E-state index in [4.69, 9.17) is 10.8 Å². The maximum absolute atomic E-state index is 9.09. The molecule has 3 N–H and O–H groups in total. The molecule has 0 heterocycles. The molecule has 0 aliphatic heterocycles. The van der Waals surface area contributed by atoms with E-state index in [2.05, 4.69) is 13.8 Å². The topological polar surface area (TPSA) is 46.2 Å². The fourth-order valence-corrected chi connectivity index (χ4v) is 1.36. The van der Waals surface area contributed by atoms with E-state index in [9.17, 15) is 0 Å². The summed E-state index contributed by atoms with van der Waals surface area (Å²) in [6.07, 6.45) is 0. The van der Waals surface area contributed by atoms with Crippen LogP contribution in [0.4, 0.5) is 0 Å². The van der Waals surface area contributed by atoms with E-state index >= 15 is 0 Å². The van der Waals surface area contributed by atoms with E-state index in [1.165, 1.54) is 0 Å². The minimum atomic E-state index is 0. The lowest BCUT2D eigenvalue weighted by molar-refractivity contribution is 0.279. The first-order valence-electron chi connectivity index (χ1n) is 4.61. The summed E-state index contributed by atoms with van der Waals surface area (Å²) in [7, 11) is 0. The van der Waals surface area contributed by atoms with Gasteiger partial charge in [-0.3, -0.25) is 0 Å². The van der Waals surface area contributed by atoms with Crippen LogP contribution >= 0.6 is 12.4 Å². The van der Waals surface area contributed by atoms with Gasteiger partial charge in [0, 0.05) is 6.04 Å². The number of benzene rings is 1. The molecule has 1 rings (SSSR count). The van der Waals surface area contributed by atoms with Gasteiger partial charge in [0.1, 0.15) is 0 Å². The van der Waals surface area contributed by atoms with Crippen LogP contribution in [0.5, 0.6) is 0 Å². The van der Waals surface area contributed by atoms with Crippen molar-refractivity contribution in [3.63, 3.8) is 0 Å². The van der Waals surface area contributed by atoms with Crippen LogP contribution in [-0.2, 0) is 6.61 Å². The third-order valence-corrected chi connectivity index (χ3v) is 2.30. The van der Waals surface area contributed by atoms with Crippen molar-refractivity contribution < 1.29 is 5.11 Å². The van der Waals surface area contributed by atoms with Gasteiger partial charge in [0.2, 0.25) is 0 Å². The van der Waals surface area contributed by atoms with Crippen LogP contribution in [0.1, 0.15) is 31.0 Å². The maximum atomic E-state index is 9.09. The zero-order chi connectivity index (χ0) is 9.84. The van der Waals surface area contributed by atoms with Crippen molar-refractivity contribution in [2.75, 3.05) is 0 Å². The second-order valence-electron chi connectivity index (χ2n) is 3.63. The molecule has 0 saturated heterocycles. The van der Waals surface area contributed by atoms with Gasteiger partial charge in [0.05, 0.1) is 6.61 Å². The van der Waals surface area contributed by atoms with Gasteiger partial charge in [-0.05, 0) is 17.0 Å². The van der Waals surface area contributed by atoms with E-state index in [1.807, 2.05) is 24.3 Å². The van der Waals surface area contributed by atoms with Gasteiger partial charge in [-0.2, -0.15) is 0 Å². The lowest BCUT2D eigenvalue weighted by Gasteiger charge is -2.18. The van der Waals surface area contributed by atoms with Gasteiger partial charge in [-0.15, -0.1) is 12.4 Å².